The average Bonchev–Trinajstić information content (AvgIpc) is 2.64. The van der Waals surface area contributed by atoms with Crippen molar-refractivity contribution in [3.63, 3.8) is 0 Å². The number of fused-ring (bicyclic) bond motifs is 1. The minimum Gasteiger partial charge on any atom is -0.443 e. The van der Waals surface area contributed by atoms with Crippen LogP contribution in [-0.4, -0.2) is 22.5 Å². The Bertz CT molecular complexity index is 594. The first kappa shape index (κ1) is 13.1. The first-order chi connectivity index (χ1) is 8.81. The molecule has 2 rings (SSSR count). The predicted octanol–water partition coefficient (Wildman–Crippen LogP) is 3.13. The lowest BCUT2D eigenvalue weighted by Gasteiger charge is -2.23. The Labute approximate surface area is 111 Å². The lowest BCUT2D eigenvalue weighted by molar-refractivity contribution is 0.0248. The number of benzene rings is 1. The van der Waals surface area contributed by atoms with Crippen LogP contribution in [-0.2, 0) is 11.3 Å². The van der Waals surface area contributed by atoms with Crippen molar-refractivity contribution in [2.24, 2.45) is 0 Å². The van der Waals surface area contributed by atoms with Crippen molar-refractivity contribution in [1.82, 2.24) is 4.90 Å². The van der Waals surface area contributed by atoms with Crippen LogP contribution in [0.2, 0.25) is 0 Å². The van der Waals surface area contributed by atoms with Gasteiger partial charge >= 0.3 is 6.09 Å². The molecule has 19 heavy (non-hydrogen) atoms. The summed E-state index contributed by atoms with van der Waals surface area (Å²) in [6.45, 7) is 12.3. The highest BCUT2D eigenvalue weighted by Gasteiger charge is 2.34. The van der Waals surface area contributed by atoms with E-state index in [9.17, 15) is 9.59 Å². The second-order valence-corrected chi connectivity index (χ2v) is 5.32. The Morgan fingerprint density at radius 2 is 2.11 bits per heavy atom. The first-order valence-electron chi connectivity index (χ1n) is 5.87. The number of ether oxygens (including phenoxy) is 1. The van der Waals surface area contributed by atoms with Crippen molar-refractivity contribution in [1.29, 1.82) is 0 Å². The smallest absolute Gasteiger partial charge is 0.417 e. The van der Waals surface area contributed by atoms with E-state index in [1.54, 1.807) is 39.0 Å². The Hall–Kier alpha value is -2.35. The maximum atomic E-state index is 12.1. The highest BCUT2D eigenvalue weighted by atomic mass is 16.6. The van der Waals surface area contributed by atoms with Crippen molar-refractivity contribution in [2.75, 3.05) is 0 Å². The SMILES string of the molecule is [C-]#[N+]c1ccc2c(c1)CN(C(=O)OC(C)(C)C)C2=O. The maximum Gasteiger partial charge on any atom is 0.417 e. The third kappa shape index (κ3) is 2.58. The lowest BCUT2D eigenvalue weighted by Crippen LogP contribution is -2.36. The van der Waals surface area contributed by atoms with Gasteiger partial charge in [0.1, 0.15) is 5.60 Å². The van der Waals surface area contributed by atoms with Crippen LogP contribution in [0.1, 0.15) is 36.7 Å². The van der Waals surface area contributed by atoms with E-state index in [-0.39, 0.29) is 12.5 Å². The molecule has 0 spiro atoms. The van der Waals surface area contributed by atoms with E-state index in [4.69, 9.17) is 11.3 Å². The summed E-state index contributed by atoms with van der Waals surface area (Å²) in [7, 11) is 0. The number of rotatable bonds is 0. The first-order valence-corrected chi connectivity index (χ1v) is 5.87. The van der Waals surface area contributed by atoms with Crippen molar-refractivity contribution in [2.45, 2.75) is 32.9 Å². The number of nitrogens with zero attached hydrogens (tertiary/aromatic N) is 2. The highest BCUT2D eigenvalue weighted by Crippen LogP contribution is 2.28. The zero-order chi connectivity index (χ0) is 14.2. The van der Waals surface area contributed by atoms with E-state index in [2.05, 4.69) is 4.85 Å². The van der Waals surface area contributed by atoms with Gasteiger partial charge in [-0.3, -0.25) is 4.79 Å². The number of hydrogen-bond acceptors (Lipinski definition) is 3. The van der Waals surface area contributed by atoms with Gasteiger partial charge < -0.3 is 4.74 Å². The molecular weight excluding hydrogens is 244 g/mol. The Kier molecular flexibility index (Phi) is 3.03. The van der Waals surface area contributed by atoms with Gasteiger partial charge in [-0.1, -0.05) is 18.2 Å². The lowest BCUT2D eigenvalue weighted by atomic mass is 10.1. The molecule has 5 heteroatoms. The highest BCUT2D eigenvalue weighted by molar-refractivity contribution is 6.06. The van der Waals surface area contributed by atoms with Gasteiger partial charge in [-0.25, -0.2) is 14.5 Å². The Morgan fingerprint density at radius 3 is 2.68 bits per heavy atom. The molecule has 1 aliphatic rings. The van der Waals surface area contributed by atoms with E-state index in [1.165, 1.54) is 0 Å². The topological polar surface area (TPSA) is 51.0 Å². The van der Waals surface area contributed by atoms with E-state index in [0.29, 0.717) is 16.8 Å². The molecule has 0 unspecified atom stereocenters. The van der Waals surface area contributed by atoms with Gasteiger partial charge in [0.15, 0.2) is 5.69 Å². The minimum atomic E-state index is -0.655. The van der Waals surface area contributed by atoms with Crippen LogP contribution in [0.15, 0.2) is 18.2 Å². The van der Waals surface area contributed by atoms with Crippen LogP contribution < -0.4 is 0 Å². The summed E-state index contributed by atoms with van der Waals surface area (Å²) in [4.78, 5) is 28.4. The standard InChI is InChI=1S/C14H14N2O3/c1-14(2,3)19-13(18)16-8-9-7-10(15-4)5-6-11(9)12(16)17/h5-7H,8H2,1-3H3. The van der Waals surface area contributed by atoms with Gasteiger partial charge in [0.25, 0.3) is 5.91 Å². The molecule has 0 radical (unpaired) electrons. The van der Waals surface area contributed by atoms with E-state index in [0.717, 1.165) is 4.90 Å². The minimum absolute atomic E-state index is 0.159. The van der Waals surface area contributed by atoms with Crippen molar-refractivity contribution >= 4 is 17.7 Å². The van der Waals surface area contributed by atoms with Crippen LogP contribution >= 0.6 is 0 Å². The van der Waals surface area contributed by atoms with Crippen LogP contribution in [0.25, 0.3) is 4.85 Å². The largest absolute Gasteiger partial charge is 0.443 e. The quantitative estimate of drug-likeness (QED) is 0.672. The molecule has 98 valence electrons. The molecule has 1 aromatic rings. The van der Waals surface area contributed by atoms with Crippen LogP contribution in [0.5, 0.6) is 0 Å². The molecule has 0 fully saturated rings. The predicted molar refractivity (Wildman–Crippen MR) is 68.8 cm³/mol. The molecule has 1 aliphatic heterocycles. The molecule has 1 aromatic carbocycles. The summed E-state index contributed by atoms with van der Waals surface area (Å²) < 4.78 is 5.19. The third-order valence-electron chi connectivity index (χ3n) is 2.64. The van der Waals surface area contributed by atoms with Gasteiger partial charge in [0, 0.05) is 5.56 Å². The summed E-state index contributed by atoms with van der Waals surface area (Å²) in [6, 6.07) is 4.78. The molecule has 0 saturated carbocycles. The van der Waals surface area contributed by atoms with Crippen LogP contribution in [0.3, 0.4) is 0 Å². The summed E-state index contributed by atoms with van der Waals surface area (Å²) >= 11 is 0. The molecule has 0 aromatic heterocycles. The average molecular weight is 258 g/mol. The van der Waals surface area contributed by atoms with Crippen molar-refractivity contribution in [3.8, 4) is 0 Å². The molecule has 0 saturated heterocycles. The van der Waals surface area contributed by atoms with Crippen LogP contribution in [0, 0.1) is 6.57 Å². The maximum absolute atomic E-state index is 12.1. The fourth-order valence-electron chi connectivity index (χ4n) is 1.84. The van der Waals surface area contributed by atoms with Gasteiger partial charge in [0.05, 0.1) is 13.1 Å². The van der Waals surface area contributed by atoms with Gasteiger partial charge in [-0.2, -0.15) is 0 Å². The normalized spacial score (nSPS) is 14.0. The summed E-state index contributed by atoms with van der Waals surface area (Å²) in [5.41, 5.74) is 0.952. The Balaban J connectivity index is 2.24. The van der Waals surface area contributed by atoms with Gasteiger partial charge in [-0.15, -0.1) is 0 Å². The summed E-state index contributed by atoms with van der Waals surface area (Å²) in [6.07, 6.45) is -0.655. The van der Waals surface area contributed by atoms with Crippen LogP contribution in [0.4, 0.5) is 10.5 Å². The molecule has 1 heterocycles. The van der Waals surface area contributed by atoms with E-state index >= 15 is 0 Å². The summed E-state index contributed by atoms with van der Waals surface area (Å²) in [5.74, 6) is -0.374. The number of carbonyl (C=O) groups excluding carboxylic acids is 2. The molecule has 5 nitrogen and oxygen atoms in total. The number of hydrogen-bond donors (Lipinski definition) is 0. The Morgan fingerprint density at radius 1 is 1.42 bits per heavy atom. The van der Waals surface area contributed by atoms with Gasteiger partial charge in [-0.05, 0) is 26.3 Å². The zero-order valence-electron chi connectivity index (χ0n) is 11.1. The van der Waals surface area contributed by atoms with E-state index in [1.807, 2.05) is 0 Å². The fraction of sp³-hybridized carbons (Fsp3) is 0.357. The van der Waals surface area contributed by atoms with Crippen molar-refractivity contribution < 1.29 is 14.3 Å². The van der Waals surface area contributed by atoms with E-state index < -0.39 is 11.7 Å². The number of imide groups is 1. The second kappa shape index (κ2) is 4.39. The second-order valence-electron chi connectivity index (χ2n) is 5.32. The molecule has 0 aliphatic carbocycles. The van der Waals surface area contributed by atoms with Crippen molar-refractivity contribution in [3.05, 3.63) is 40.7 Å². The molecule has 2 amide bonds. The fourth-order valence-corrected chi connectivity index (χ4v) is 1.84. The monoisotopic (exact) mass is 258 g/mol. The summed E-state index contributed by atoms with van der Waals surface area (Å²) in [5, 5.41) is 0. The van der Waals surface area contributed by atoms with Gasteiger partial charge in [0.2, 0.25) is 0 Å². The molecule has 0 atom stereocenters. The molecule has 0 N–H and O–H groups in total. The number of carbonyl (C=O) groups is 2. The zero-order valence-corrected chi connectivity index (χ0v) is 11.1. The molecule has 0 bridgehead atoms. The number of amides is 2. The third-order valence-corrected chi connectivity index (χ3v) is 2.64. The molecular formula is C14H14N2O3.